The van der Waals surface area contributed by atoms with Crippen LogP contribution in [0.25, 0.3) is 0 Å². The van der Waals surface area contributed by atoms with Gasteiger partial charge in [-0.3, -0.25) is 14.9 Å². The molecule has 1 aromatic rings. The fraction of sp³-hybridized carbons (Fsp3) is 0.364. The van der Waals surface area contributed by atoms with Crippen molar-refractivity contribution in [2.45, 2.75) is 12.5 Å². The molecule has 1 aromatic carbocycles. The van der Waals surface area contributed by atoms with Gasteiger partial charge < -0.3 is 5.32 Å². The number of alkyl halides is 2. The lowest BCUT2D eigenvalue weighted by atomic mass is 10.1. The van der Waals surface area contributed by atoms with E-state index < -0.39 is 16.4 Å². The van der Waals surface area contributed by atoms with Gasteiger partial charge in [0, 0.05) is 29.5 Å². The van der Waals surface area contributed by atoms with E-state index in [1.165, 1.54) is 24.3 Å². The predicted octanol–water partition coefficient (Wildman–Crippen LogP) is 2.56. The summed E-state index contributed by atoms with van der Waals surface area (Å²) in [6, 6.07) is 5.47. The van der Waals surface area contributed by atoms with Gasteiger partial charge >= 0.3 is 0 Å². The van der Waals surface area contributed by atoms with Crippen LogP contribution in [0.1, 0.15) is 17.3 Å². The number of amides is 1. The van der Waals surface area contributed by atoms with Crippen molar-refractivity contribution in [3.8, 4) is 0 Å². The van der Waals surface area contributed by atoms with Crippen LogP contribution in [0.15, 0.2) is 24.3 Å². The number of rotatable bonds is 5. The van der Waals surface area contributed by atoms with Crippen LogP contribution in [0.3, 0.4) is 0 Å². The van der Waals surface area contributed by atoms with Gasteiger partial charge in [0.05, 0.1) is 10.5 Å². The second kappa shape index (κ2) is 6.02. The number of nitro groups is 1. The van der Waals surface area contributed by atoms with Crippen molar-refractivity contribution in [3.63, 3.8) is 0 Å². The van der Waals surface area contributed by atoms with Crippen LogP contribution in [-0.2, 0) is 0 Å². The van der Waals surface area contributed by atoms with Crippen molar-refractivity contribution in [1.29, 1.82) is 0 Å². The molecule has 0 aliphatic rings. The van der Waals surface area contributed by atoms with Crippen molar-refractivity contribution in [3.05, 3.63) is 39.9 Å². The Balaban J connectivity index is 2.91. The van der Waals surface area contributed by atoms with E-state index in [0.717, 1.165) is 0 Å². The lowest BCUT2D eigenvalue weighted by Crippen LogP contribution is -2.49. The molecule has 0 saturated carbocycles. The Bertz CT molecular complexity index is 461. The van der Waals surface area contributed by atoms with Crippen LogP contribution in [-0.4, -0.2) is 28.1 Å². The molecule has 98 valence electrons. The molecular formula is C11H12Cl2N2O3. The minimum Gasteiger partial charge on any atom is -0.344 e. The Labute approximate surface area is 114 Å². The SMILES string of the molecule is CC(CCl)(CCl)NC(=O)c1cccc([N+](=O)[O-])c1. The fourth-order valence-corrected chi connectivity index (χ4v) is 1.63. The molecule has 1 rings (SSSR count). The van der Waals surface area contributed by atoms with E-state index in [4.69, 9.17) is 23.2 Å². The third-order valence-electron chi connectivity index (χ3n) is 2.32. The third-order valence-corrected chi connectivity index (χ3v) is 3.50. The maximum absolute atomic E-state index is 11.9. The number of non-ortho nitro benzene ring substituents is 1. The first-order valence-electron chi connectivity index (χ1n) is 5.11. The first kappa shape index (κ1) is 14.7. The Kier molecular flexibility index (Phi) is 4.93. The monoisotopic (exact) mass is 290 g/mol. The number of nitrogens with zero attached hydrogens (tertiary/aromatic N) is 1. The van der Waals surface area contributed by atoms with E-state index in [1.54, 1.807) is 6.92 Å². The molecule has 0 radical (unpaired) electrons. The van der Waals surface area contributed by atoms with Crippen LogP contribution >= 0.6 is 23.2 Å². The summed E-state index contributed by atoms with van der Waals surface area (Å²) >= 11 is 11.4. The standard InChI is InChI=1S/C11H12Cl2N2O3/c1-11(6-12,7-13)14-10(16)8-3-2-4-9(5-8)15(17)18/h2-5H,6-7H2,1H3,(H,14,16). The smallest absolute Gasteiger partial charge is 0.270 e. The minimum absolute atomic E-state index is 0.138. The number of benzene rings is 1. The average molecular weight is 291 g/mol. The van der Waals surface area contributed by atoms with E-state index in [0.29, 0.717) is 0 Å². The lowest BCUT2D eigenvalue weighted by molar-refractivity contribution is -0.384. The summed E-state index contributed by atoms with van der Waals surface area (Å²) in [4.78, 5) is 22.0. The summed E-state index contributed by atoms with van der Waals surface area (Å²) < 4.78 is 0. The number of nitro benzene ring substituents is 1. The topological polar surface area (TPSA) is 72.2 Å². The first-order chi connectivity index (χ1) is 8.41. The Morgan fingerprint density at radius 3 is 2.56 bits per heavy atom. The highest BCUT2D eigenvalue weighted by atomic mass is 35.5. The van der Waals surface area contributed by atoms with E-state index in [1.807, 2.05) is 0 Å². The van der Waals surface area contributed by atoms with E-state index in [2.05, 4.69) is 5.32 Å². The van der Waals surface area contributed by atoms with Gasteiger partial charge in [-0.2, -0.15) is 0 Å². The Hall–Kier alpha value is -1.33. The molecule has 0 aliphatic carbocycles. The van der Waals surface area contributed by atoms with Crippen LogP contribution < -0.4 is 5.32 Å². The number of hydrogen-bond acceptors (Lipinski definition) is 3. The second-order valence-electron chi connectivity index (χ2n) is 4.09. The largest absolute Gasteiger partial charge is 0.344 e. The summed E-state index contributed by atoms with van der Waals surface area (Å²) in [5, 5.41) is 13.3. The van der Waals surface area contributed by atoms with Gasteiger partial charge in [0.15, 0.2) is 0 Å². The zero-order chi connectivity index (χ0) is 13.8. The number of nitrogens with one attached hydrogen (secondary N) is 1. The molecule has 0 aromatic heterocycles. The van der Waals surface area contributed by atoms with Crippen molar-refractivity contribution < 1.29 is 9.72 Å². The van der Waals surface area contributed by atoms with Crippen LogP contribution in [0.2, 0.25) is 0 Å². The lowest BCUT2D eigenvalue weighted by Gasteiger charge is -2.25. The van der Waals surface area contributed by atoms with Gasteiger partial charge in [0.2, 0.25) is 0 Å². The van der Waals surface area contributed by atoms with Gasteiger partial charge in [0.25, 0.3) is 11.6 Å². The van der Waals surface area contributed by atoms with Crippen molar-refractivity contribution in [2.24, 2.45) is 0 Å². The molecule has 0 spiro atoms. The van der Waals surface area contributed by atoms with Crippen molar-refractivity contribution in [2.75, 3.05) is 11.8 Å². The molecule has 1 amide bonds. The molecule has 18 heavy (non-hydrogen) atoms. The molecule has 0 bridgehead atoms. The molecule has 0 aliphatic heterocycles. The number of carbonyl (C=O) groups is 1. The van der Waals surface area contributed by atoms with Crippen LogP contribution in [0.5, 0.6) is 0 Å². The Morgan fingerprint density at radius 2 is 2.06 bits per heavy atom. The van der Waals surface area contributed by atoms with Gasteiger partial charge in [-0.05, 0) is 13.0 Å². The zero-order valence-electron chi connectivity index (χ0n) is 9.65. The first-order valence-corrected chi connectivity index (χ1v) is 6.17. The quantitative estimate of drug-likeness (QED) is 0.515. The number of halogens is 2. The van der Waals surface area contributed by atoms with Gasteiger partial charge in [-0.25, -0.2) is 0 Å². The van der Waals surface area contributed by atoms with Crippen molar-refractivity contribution in [1.82, 2.24) is 5.32 Å². The summed E-state index contributed by atoms with van der Waals surface area (Å²) in [5.74, 6) is -0.142. The molecule has 0 heterocycles. The summed E-state index contributed by atoms with van der Waals surface area (Å²) in [5.41, 5.74) is -0.683. The fourth-order valence-electron chi connectivity index (χ4n) is 1.21. The second-order valence-corrected chi connectivity index (χ2v) is 4.62. The highest BCUT2D eigenvalue weighted by Crippen LogP contribution is 2.15. The molecule has 0 fully saturated rings. The molecule has 0 atom stereocenters. The van der Waals surface area contributed by atoms with Gasteiger partial charge in [-0.15, -0.1) is 23.2 Å². The van der Waals surface area contributed by atoms with Gasteiger partial charge in [0.1, 0.15) is 0 Å². The van der Waals surface area contributed by atoms with E-state index in [9.17, 15) is 14.9 Å². The third kappa shape index (κ3) is 3.58. The molecular weight excluding hydrogens is 279 g/mol. The highest BCUT2D eigenvalue weighted by molar-refractivity contribution is 6.22. The zero-order valence-corrected chi connectivity index (χ0v) is 11.2. The summed E-state index contributed by atoms with van der Waals surface area (Å²) in [6.45, 7) is 1.70. The molecule has 7 heteroatoms. The van der Waals surface area contributed by atoms with Crippen molar-refractivity contribution >= 4 is 34.8 Å². The van der Waals surface area contributed by atoms with Crippen LogP contribution in [0, 0.1) is 10.1 Å². The maximum atomic E-state index is 11.9. The molecule has 1 N–H and O–H groups in total. The molecule has 0 saturated heterocycles. The number of carbonyl (C=O) groups excluding carboxylic acids is 1. The molecule has 5 nitrogen and oxygen atoms in total. The maximum Gasteiger partial charge on any atom is 0.270 e. The minimum atomic E-state index is -0.745. The van der Waals surface area contributed by atoms with Crippen LogP contribution in [0.4, 0.5) is 5.69 Å². The summed E-state index contributed by atoms with van der Waals surface area (Å²) in [6.07, 6.45) is 0. The number of hydrogen-bond donors (Lipinski definition) is 1. The molecule has 0 unspecified atom stereocenters. The van der Waals surface area contributed by atoms with Gasteiger partial charge in [-0.1, -0.05) is 6.07 Å². The summed E-state index contributed by atoms with van der Waals surface area (Å²) in [7, 11) is 0. The van der Waals surface area contributed by atoms with E-state index in [-0.39, 0.29) is 23.0 Å². The predicted molar refractivity (Wildman–Crippen MR) is 70.4 cm³/mol. The Morgan fingerprint density at radius 1 is 1.44 bits per heavy atom. The average Bonchev–Trinajstić information content (AvgIpc) is 2.38. The normalized spacial score (nSPS) is 11.1. The van der Waals surface area contributed by atoms with E-state index >= 15 is 0 Å². The highest BCUT2D eigenvalue weighted by Gasteiger charge is 2.25.